The van der Waals surface area contributed by atoms with Gasteiger partial charge in [0, 0.05) is 25.6 Å². The van der Waals surface area contributed by atoms with Crippen LogP contribution >= 0.6 is 12.2 Å². The van der Waals surface area contributed by atoms with Crippen molar-refractivity contribution in [3.63, 3.8) is 0 Å². The van der Waals surface area contributed by atoms with Gasteiger partial charge in [0.05, 0.1) is 4.99 Å². The normalized spacial score (nSPS) is 9.94. The van der Waals surface area contributed by atoms with Gasteiger partial charge in [-0.15, -0.1) is 0 Å². The number of carbonyl (C=O) groups is 1. The van der Waals surface area contributed by atoms with Crippen molar-refractivity contribution in [2.24, 2.45) is 5.73 Å². The van der Waals surface area contributed by atoms with Gasteiger partial charge in [0.15, 0.2) is 0 Å². The van der Waals surface area contributed by atoms with Gasteiger partial charge in [0.1, 0.15) is 5.69 Å². The van der Waals surface area contributed by atoms with Gasteiger partial charge in [-0.1, -0.05) is 12.2 Å². The second-order valence-electron chi connectivity index (χ2n) is 3.41. The SMILES string of the molecule is CCN(CCC(N)=S)C(=O)c1ccc(=O)[nH]n1. The van der Waals surface area contributed by atoms with E-state index in [0.29, 0.717) is 24.5 Å². The molecule has 7 heteroatoms. The molecule has 0 unspecified atom stereocenters. The molecule has 0 spiro atoms. The summed E-state index contributed by atoms with van der Waals surface area (Å²) in [7, 11) is 0. The molecule has 0 saturated heterocycles. The molecular weight excluding hydrogens is 240 g/mol. The highest BCUT2D eigenvalue weighted by Gasteiger charge is 2.15. The molecule has 3 N–H and O–H groups in total. The molecule has 6 nitrogen and oxygen atoms in total. The van der Waals surface area contributed by atoms with Gasteiger partial charge in [0.25, 0.3) is 11.5 Å². The Hall–Kier alpha value is -1.76. The summed E-state index contributed by atoms with van der Waals surface area (Å²) in [6.45, 7) is 2.83. The maximum Gasteiger partial charge on any atom is 0.274 e. The maximum atomic E-state index is 12.0. The number of H-pyrrole nitrogens is 1. The summed E-state index contributed by atoms with van der Waals surface area (Å²) >= 11 is 4.76. The van der Waals surface area contributed by atoms with Crippen LogP contribution in [0.1, 0.15) is 23.8 Å². The molecule has 0 saturated carbocycles. The number of hydrogen-bond donors (Lipinski definition) is 2. The number of thiocarbonyl (C=S) groups is 1. The molecule has 0 radical (unpaired) electrons. The highest BCUT2D eigenvalue weighted by atomic mass is 32.1. The van der Waals surface area contributed by atoms with Gasteiger partial charge in [-0.25, -0.2) is 5.10 Å². The lowest BCUT2D eigenvalue weighted by molar-refractivity contribution is 0.0761. The molecular formula is C10H14N4O2S. The summed E-state index contributed by atoms with van der Waals surface area (Å²) in [5.74, 6) is -0.250. The number of nitrogens with zero attached hydrogens (tertiary/aromatic N) is 2. The Morgan fingerprint density at radius 2 is 2.29 bits per heavy atom. The van der Waals surface area contributed by atoms with E-state index in [1.807, 2.05) is 6.92 Å². The minimum absolute atomic E-state index is 0.203. The molecule has 0 aromatic carbocycles. The van der Waals surface area contributed by atoms with Crippen LogP contribution in [-0.2, 0) is 0 Å². The van der Waals surface area contributed by atoms with Gasteiger partial charge >= 0.3 is 0 Å². The summed E-state index contributed by atoms with van der Waals surface area (Å²) < 4.78 is 0. The lowest BCUT2D eigenvalue weighted by atomic mass is 10.3. The molecule has 1 rings (SSSR count). The Kier molecular flexibility index (Phi) is 4.77. The first-order valence-electron chi connectivity index (χ1n) is 5.18. The first kappa shape index (κ1) is 13.3. The molecule has 92 valence electrons. The number of hydrogen-bond acceptors (Lipinski definition) is 4. The average molecular weight is 254 g/mol. The Morgan fingerprint density at radius 3 is 2.76 bits per heavy atom. The summed E-state index contributed by atoms with van der Waals surface area (Å²) in [5, 5.41) is 5.90. The monoisotopic (exact) mass is 254 g/mol. The van der Waals surface area contributed by atoms with Gasteiger partial charge in [-0.2, -0.15) is 5.10 Å². The van der Waals surface area contributed by atoms with E-state index in [1.165, 1.54) is 12.1 Å². The van der Waals surface area contributed by atoms with Gasteiger partial charge in [0.2, 0.25) is 0 Å². The summed E-state index contributed by atoms with van der Waals surface area (Å²) in [5.41, 5.74) is 5.25. The number of nitrogens with one attached hydrogen (secondary N) is 1. The summed E-state index contributed by atoms with van der Waals surface area (Å²) in [6, 6.07) is 2.66. The van der Waals surface area contributed by atoms with Gasteiger partial charge < -0.3 is 10.6 Å². The second-order valence-corrected chi connectivity index (χ2v) is 3.93. The van der Waals surface area contributed by atoms with Crippen molar-refractivity contribution < 1.29 is 4.79 Å². The second kappa shape index (κ2) is 6.09. The Bertz CT molecular complexity index is 451. The van der Waals surface area contributed by atoms with Crippen molar-refractivity contribution in [2.75, 3.05) is 13.1 Å². The Labute approximate surface area is 104 Å². The van der Waals surface area contributed by atoms with Crippen LogP contribution in [0.3, 0.4) is 0 Å². The standard InChI is InChI=1S/C10H14N4O2S/c1-2-14(6-5-8(11)17)10(16)7-3-4-9(15)13-12-7/h3-4H,2,5-6H2,1H3,(H2,11,17)(H,13,15). The number of carbonyl (C=O) groups excluding carboxylic acids is 1. The third-order valence-electron chi connectivity index (χ3n) is 2.20. The smallest absolute Gasteiger partial charge is 0.274 e. The fraction of sp³-hybridized carbons (Fsp3) is 0.400. The number of nitrogens with two attached hydrogens (primary N) is 1. The molecule has 0 aliphatic heterocycles. The molecule has 0 fully saturated rings. The fourth-order valence-corrected chi connectivity index (χ4v) is 1.37. The van der Waals surface area contributed by atoms with E-state index in [2.05, 4.69) is 10.2 Å². The van der Waals surface area contributed by atoms with Crippen molar-refractivity contribution in [1.29, 1.82) is 0 Å². The average Bonchev–Trinajstić information content (AvgIpc) is 2.30. The van der Waals surface area contributed by atoms with Gasteiger partial charge in [-0.05, 0) is 13.0 Å². The third-order valence-corrected chi connectivity index (χ3v) is 2.40. The molecule has 17 heavy (non-hydrogen) atoms. The van der Waals surface area contributed by atoms with Crippen molar-refractivity contribution in [2.45, 2.75) is 13.3 Å². The Morgan fingerprint density at radius 1 is 1.59 bits per heavy atom. The molecule has 1 heterocycles. The predicted octanol–water partition coefficient (Wildman–Crippen LogP) is -0.0918. The number of amides is 1. The topological polar surface area (TPSA) is 92.1 Å². The summed E-state index contributed by atoms with van der Waals surface area (Å²) in [4.78, 5) is 24.7. The van der Waals surface area contributed by atoms with Crippen LogP contribution in [-0.4, -0.2) is 39.1 Å². The van der Waals surface area contributed by atoms with Crippen LogP contribution in [0.15, 0.2) is 16.9 Å². The lowest BCUT2D eigenvalue weighted by Gasteiger charge is -2.19. The largest absolute Gasteiger partial charge is 0.393 e. The van der Waals surface area contributed by atoms with E-state index >= 15 is 0 Å². The van der Waals surface area contributed by atoms with Crippen LogP contribution in [0.2, 0.25) is 0 Å². The molecule has 1 aromatic rings. The zero-order valence-electron chi connectivity index (χ0n) is 9.47. The first-order chi connectivity index (χ1) is 8.04. The maximum absolute atomic E-state index is 12.0. The molecule has 0 atom stereocenters. The number of rotatable bonds is 5. The molecule has 1 aromatic heterocycles. The van der Waals surface area contributed by atoms with Crippen molar-refractivity contribution in [3.8, 4) is 0 Å². The number of aromatic nitrogens is 2. The van der Waals surface area contributed by atoms with E-state index in [1.54, 1.807) is 4.90 Å². The van der Waals surface area contributed by atoms with E-state index in [0.717, 1.165) is 0 Å². The van der Waals surface area contributed by atoms with Crippen LogP contribution in [0.4, 0.5) is 0 Å². The van der Waals surface area contributed by atoms with Gasteiger partial charge in [-0.3, -0.25) is 9.59 Å². The molecule has 0 aliphatic rings. The van der Waals surface area contributed by atoms with Crippen LogP contribution in [0.5, 0.6) is 0 Å². The van der Waals surface area contributed by atoms with Crippen molar-refractivity contribution in [1.82, 2.24) is 15.1 Å². The zero-order chi connectivity index (χ0) is 12.8. The molecule has 1 amide bonds. The Balaban J connectivity index is 2.75. The number of aromatic amines is 1. The van der Waals surface area contributed by atoms with Crippen molar-refractivity contribution in [3.05, 3.63) is 28.2 Å². The zero-order valence-corrected chi connectivity index (χ0v) is 10.3. The lowest BCUT2D eigenvalue weighted by Crippen LogP contribution is -2.34. The molecule has 0 aliphatic carbocycles. The van der Waals surface area contributed by atoms with E-state index in [9.17, 15) is 9.59 Å². The summed E-state index contributed by atoms with van der Waals surface area (Å²) in [6.07, 6.45) is 0.471. The third kappa shape index (κ3) is 3.95. The highest BCUT2D eigenvalue weighted by molar-refractivity contribution is 7.80. The van der Waals surface area contributed by atoms with E-state index in [-0.39, 0.29) is 17.2 Å². The minimum Gasteiger partial charge on any atom is -0.393 e. The van der Waals surface area contributed by atoms with Crippen molar-refractivity contribution >= 4 is 23.1 Å². The van der Waals surface area contributed by atoms with E-state index < -0.39 is 0 Å². The molecule has 0 bridgehead atoms. The van der Waals surface area contributed by atoms with Crippen LogP contribution in [0, 0.1) is 0 Å². The first-order valence-corrected chi connectivity index (χ1v) is 5.58. The highest BCUT2D eigenvalue weighted by Crippen LogP contribution is 2.00. The quantitative estimate of drug-likeness (QED) is 0.716. The van der Waals surface area contributed by atoms with Crippen LogP contribution in [0.25, 0.3) is 0 Å². The predicted molar refractivity (Wildman–Crippen MR) is 67.8 cm³/mol. The van der Waals surface area contributed by atoms with E-state index in [4.69, 9.17) is 18.0 Å². The van der Waals surface area contributed by atoms with Crippen LogP contribution < -0.4 is 11.3 Å². The fourth-order valence-electron chi connectivity index (χ4n) is 1.27. The minimum atomic E-state index is -0.340.